The predicted octanol–water partition coefficient (Wildman–Crippen LogP) is 5.08. The van der Waals surface area contributed by atoms with Gasteiger partial charge < -0.3 is 14.7 Å². The number of amides is 3. The molecule has 0 radical (unpaired) electrons. The quantitative estimate of drug-likeness (QED) is 0.448. The molecule has 2 saturated heterocycles. The molecule has 0 aromatic heterocycles. The first-order valence-corrected chi connectivity index (χ1v) is 14.8. The van der Waals surface area contributed by atoms with Crippen LogP contribution >= 0.6 is 0 Å². The standard InChI is InChI=1S/C32H40N4O3/c1-33(22-23-12-11-20-34-19-10-8-16-27(23)34)29(37)18-3-2-9-21-35-30-24-13-4-5-14-25(24)32(39)36(30)28-17-7-6-15-26(28)31(35)38/h4-7,13-15,17,23,27,30H,2-3,8-12,16,18-22H2,1H3. The number of nitrogens with zero attached hydrogens (tertiary/aromatic N) is 4. The number of anilines is 1. The van der Waals surface area contributed by atoms with Gasteiger partial charge in [-0.2, -0.15) is 0 Å². The van der Waals surface area contributed by atoms with E-state index in [0.29, 0.717) is 41.7 Å². The molecular weight excluding hydrogens is 488 g/mol. The molecule has 7 nitrogen and oxygen atoms in total. The summed E-state index contributed by atoms with van der Waals surface area (Å²) in [6.45, 7) is 3.87. The van der Waals surface area contributed by atoms with Crippen LogP contribution in [0.4, 0.5) is 5.69 Å². The average molecular weight is 529 g/mol. The topological polar surface area (TPSA) is 64.2 Å². The summed E-state index contributed by atoms with van der Waals surface area (Å²) < 4.78 is 0. The highest BCUT2D eigenvalue weighted by atomic mass is 16.2. The molecule has 0 aliphatic carbocycles. The lowest BCUT2D eigenvalue weighted by Crippen LogP contribution is -2.51. The number of carbonyl (C=O) groups excluding carboxylic acids is 3. The molecule has 4 aliphatic heterocycles. The lowest BCUT2D eigenvalue weighted by atomic mass is 9.83. The predicted molar refractivity (Wildman–Crippen MR) is 152 cm³/mol. The van der Waals surface area contributed by atoms with Gasteiger partial charge in [0.1, 0.15) is 6.17 Å². The summed E-state index contributed by atoms with van der Waals surface area (Å²) in [6.07, 6.45) is 9.01. The molecule has 39 heavy (non-hydrogen) atoms. The summed E-state index contributed by atoms with van der Waals surface area (Å²) in [5.74, 6) is 0.744. The van der Waals surface area contributed by atoms with Crippen molar-refractivity contribution in [2.45, 2.75) is 70.0 Å². The van der Waals surface area contributed by atoms with Gasteiger partial charge in [-0.3, -0.25) is 19.3 Å². The molecule has 2 aromatic rings. The molecule has 206 valence electrons. The van der Waals surface area contributed by atoms with Gasteiger partial charge in [0.05, 0.1) is 11.3 Å². The normalized spacial score (nSPS) is 24.2. The molecule has 0 spiro atoms. The molecule has 0 bridgehead atoms. The Hall–Kier alpha value is -3.19. The van der Waals surface area contributed by atoms with E-state index in [1.54, 1.807) is 4.90 Å². The first kappa shape index (κ1) is 26.1. The van der Waals surface area contributed by atoms with Crippen LogP contribution < -0.4 is 4.90 Å². The van der Waals surface area contributed by atoms with Crippen molar-refractivity contribution in [3.05, 3.63) is 65.2 Å². The zero-order valence-electron chi connectivity index (χ0n) is 23.1. The second-order valence-corrected chi connectivity index (χ2v) is 11.7. The van der Waals surface area contributed by atoms with E-state index in [0.717, 1.165) is 31.4 Å². The first-order valence-electron chi connectivity index (χ1n) is 14.8. The molecule has 7 heteroatoms. The van der Waals surface area contributed by atoms with Crippen LogP contribution in [0.5, 0.6) is 0 Å². The molecule has 6 rings (SSSR count). The molecule has 4 aliphatic rings. The van der Waals surface area contributed by atoms with Crippen molar-refractivity contribution in [2.24, 2.45) is 5.92 Å². The fourth-order valence-electron chi connectivity index (χ4n) is 7.37. The maximum Gasteiger partial charge on any atom is 0.260 e. The second kappa shape index (κ2) is 11.1. The van der Waals surface area contributed by atoms with Crippen LogP contribution in [-0.4, -0.2) is 71.7 Å². The molecule has 4 heterocycles. The third-order valence-electron chi connectivity index (χ3n) is 9.34. The van der Waals surface area contributed by atoms with Gasteiger partial charge >= 0.3 is 0 Å². The molecule has 3 atom stereocenters. The van der Waals surface area contributed by atoms with E-state index >= 15 is 0 Å². The fraction of sp³-hybridized carbons (Fsp3) is 0.531. The van der Waals surface area contributed by atoms with Crippen molar-refractivity contribution >= 4 is 23.4 Å². The molecule has 0 saturated carbocycles. The van der Waals surface area contributed by atoms with E-state index in [4.69, 9.17) is 0 Å². The smallest absolute Gasteiger partial charge is 0.260 e. The molecule has 3 amide bonds. The number of hydrogen-bond donors (Lipinski definition) is 0. The minimum atomic E-state index is -0.404. The molecule has 2 aromatic carbocycles. The Balaban J connectivity index is 1.04. The SMILES string of the molecule is CN(CC1CCCN2CCCCC12)C(=O)CCCCCN1C(=O)c2ccccc2N2C(=O)c3ccccc3C12. The zero-order valence-corrected chi connectivity index (χ0v) is 23.1. The number of carbonyl (C=O) groups is 3. The Labute approximate surface area is 231 Å². The van der Waals surface area contributed by atoms with Gasteiger partial charge in [-0.15, -0.1) is 0 Å². The molecular formula is C32H40N4O3. The van der Waals surface area contributed by atoms with E-state index in [-0.39, 0.29) is 17.7 Å². The van der Waals surface area contributed by atoms with Crippen LogP contribution in [0.2, 0.25) is 0 Å². The number of para-hydroxylation sites is 1. The number of piperidine rings is 2. The van der Waals surface area contributed by atoms with Gasteiger partial charge in [-0.25, -0.2) is 0 Å². The Morgan fingerprint density at radius 2 is 1.64 bits per heavy atom. The summed E-state index contributed by atoms with van der Waals surface area (Å²) in [4.78, 5) is 48.1. The highest BCUT2D eigenvalue weighted by Crippen LogP contribution is 2.45. The van der Waals surface area contributed by atoms with Crippen LogP contribution in [0, 0.1) is 5.92 Å². The number of hydrogen-bond acceptors (Lipinski definition) is 4. The Kier molecular flexibility index (Phi) is 7.43. The Morgan fingerprint density at radius 3 is 2.51 bits per heavy atom. The largest absolute Gasteiger partial charge is 0.345 e. The van der Waals surface area contributed by atoms with Crippen molar-refractivity contribution in [3.63, 3.8) is 0 Å². The van der Waals surface area contributed by atoms with Gasteiger partial charge in [-0.1, -0.05) is 43.2 Å². The second-order valence-electron chi connectivity index (χ2n) is 11.7. The molecule has 2 fully saturated rings. The maximum atomic E-state index is 13.6. The van der Waals surface area contributed by atoms with Crippen LogP contribution in [0.15, 0.2) is 48.5 Å². The average Bonchev–Trinajstić information content (AvgIpc) is 3.27. The van der Waals surface area contributed by atoms with Gasteiger partial charge in [0, 0.05) is 43.7 Å². The van der Waals surface area contributed by atoms with Crippen LogP contribution in [0.3, 0.4) is 0 Å². The molecule has 0 N–H and O–H groups in total. The highest BCUT2D eigenvalue weighted by Gasteiger charge is 2.47. The van der Waals surface area contributed by atoms with E-state index < -0.39 is 6.17 Å². The van der Waals surface area contributed by atoms with Gasteiger partial charge in [0.2, 0.25) is 5.91 Å². The lowest BCUT2D eigenvalue weighted by molar-refractivity contribution is -0.131. The minimum absolute atomic E-state index is 0.0311. The summed E-state index contributed by atoms with van der Waals surface area (Å²) in [5.41, 5.74) is 2.82. The van der Waals surface area contributed by atoms with E-state index in [1.165, 1.54) is 45.2 Å². The summed E-state index contributed by atoms with van der Waals surface area (Å²) >= 11 is 0. The van der Waals surface area contributed by atoms with E-state index in [9.17, 15) is 14.4 Å². The monoisotopic (exact) mass is 528 g/mol. The zero-order chi connectivity index (χ0) is 26.9. The summed E-state index contributed by atoms with van der Waals surface area (Å²) in [6, 6.07) is 15.7. The molecule has 3 unspecified atom stereocenters. The van der Waals surface area contributed by atoms with Crippen LogP contribution in [0.25, 0.3) is 0 Å². The first-order chi connectivity index (χ1) is 19.0. The summed E-state index contributed by atoms with van der Waals surface area (Å²) in [5, 5.41) is 0. The summed E-state index contributed by atoms with van der Waals surface area (Å²) in [7, 11) is 1.97. The highest BCUT2D eigenvalue weighted by molar-refractivity contribution is 6.16. The van der Waals surface area contributed by atoms with Gasteiger partial charge in [0.25, 0.3) is 11.8 Å². The van der Waals surface area contributed by atoms with Crippen LogP contribution in [0.1, 0.15) is 90.2 Å². The van der Waals surface area contributed by atoms with E-state index in [2.05, 4.69) is 4.90 Å². The van der Waals surface area contributed by atoms with Crippen molar-refractivity contribution in [2.75, 3.05) is 38.1 Å². The number of unbranched alkanes of at least 4 members (excludes halogenated alkanes) is 2. The lowest BCUT2D eigenvalue weighted by Gasteiger charge is -2.45. The number of rotatable bonds is 8. The van der Waals surface area contributed by atoms with Crippen LogP contribution in [-0.2, 0) is 4.79 Å². The Morgan fingerprint density at radius 1 is 0.872 bits per heavy atom. The third-order valence-corrected chi connectivity index (χ3v) is 9.34. The number of fused-ring (bicyclic) bond motifs is 6. The third kappa shape index (κ3) is 4.86. The fourth-order valence-corrected chi connectivity index (χ4v) is 7.37. The van der Waals surface area contributed by atoms with E-state index in [1.807, 2.05) is 65.4 Å². The van der Waals surface area contributed by atoms with Crippen molar-refractivity contribution in [1.82, 2.24) is 14.7 Å². The van der Waals surface area contributed by atoms with Crippen molar-refractivity contribution < 1.29 is 14.4 Å². The van der Waals surface area contributed by atoms with Gasteiger partial charge in [0.15, 0.2) is 0 Å². The number of benzene rings is 2. The van der Waals surface area contributed by atoms with Gasteiger partial charge in [-0.05, 0) is 75.7 Å². The maximum absolute atomic E-state index is 13.6. The van der Waals surface area contributed by atoms with Crippen molar-refractivity contribution in [3.8, 4) is 0 Å². The Bertz CT molecular complexity index is 1240. The minimum Gasteiger partial charge on any atom is -0.345 e. The van der Waals surface area contributed by atoms with Crippen molar-refractivity contribution in [1.29, 1.82) is 0 Å².